The van der Waals surface area contributed by atoms with Gasteiger partial charge in [0.25, 0.3) is 0 Å². The maximum Gasteiger partial charge on any atom is 0.355 e. The molecule has 0 aliphatic rings. The predicted octanol–water partition coefficient (Wildman–Crippen LogP) is 2.45. The Morgan fingerprint density at radius 2 is 1.63 bits per heavy atom. The number of pyridine rings is 1. The van der Waals surface area contributed by atoms with Gasteiger partial charge in [-0.05, 0) is 30.2 Å². The van der Waals surface area contributed by atoms with Crippen LogP contribution in [0, 0.1) is 6.92 Å². The molecule has 2 N–H and O–H groups in total. The maximum atomic E-state index is 11.2. The number of carbonyl (C=O) groups is 2. The normalized spacial score (nSPS) is 10.2. The Labute approximate surface area is 109 Å². The summed E-state index contributed by atoms with van der Waals surface area (Å²) < 4.78 is 0. The number of benzene rings is 1. The molecular formula is C14H11NO4. The van der Waals surface area contributed by atoms with Gasteiger partial charge in [0.2, 0.25) is 0 Å². The maximum absolute atomic E-state index is 11.2. The summed E-state index contributed by atoms with van der Waals surface area (Å²) >= 11 is 0. The Balaban J connectivity index is 2.67. The van der Waals surface area contributed by atoms with E-state index in [0.29, 0.717) is 5.56 Å². The molecule has 5 heteroatoms. The molecule has 1 aromatic heterocycles. The summed E-state index contributed by atoms with van der Waals surface area (Å²) in [5, 5.41) is 18.0. The molecule has 0 spiro atoms. The quantitative estimate of drug-likeness (QED) is 0.881. The van der Waals surface area contributed by atoms with Crippen LogP contribution in [0.1, 0.15) is 26.5 Å². The molecule has 0 aliphatic heterocycles. The molecule has 0 aliphatic carbocycles. The first-order valence-corrected chi connectivity index (χ1v) is 5.54. The van der Waals surface area contributed by atoms with Crippen LogP contribution in [0.2, 0.25) is 0 Å². The number of aryl methyl sites for hydroxylation is 1. The lowest BCUT2D eigenvalue weighted by atomic mass is 9.99. The van der Waals surface area contributed by atoms with Crippen molar-refractivity contribution < 1.29 is 19.8 Å². The van der Waals surface area contributed by atoms with E-state index in [1.54, 1.807) is 12.1 Å². The average Bonchev–Trinajstić information content (AvgIpc) is 2.38. The summed E-state index contributed by atoms with van der Waals surface area (Å²) in [6.07, 6.45) is 0. The van der Waals surface area contributed by atoms with Crippen molar-refractivity contribution >= 4 is 11.9 Å². The molecule has 5 nitrogen and oxygen atoms in total. The van der Waals surface area contributed by atoms with Gasteiger partial charge in [-0.25, -0.2) is 14.6 Å². The number of rotatable bonds is 3. The highest BCUT2D eigenvalue weighted by Crippen LogP contribution is 2.26. The third kappa shape index (κ3) is 2.44. The van der Waals surface area contributed by atoms with Gasteiger partial charge < -0.3 is 10.2 Å². The van der Waals surface area contributed by atoms with Gasteiger partial charge in [0.05, 0.1) is 0 Å². The van der Waals surface area contributed by atoms with Gasteiger partial charge >= 0.3 is 11.9 Å². The van der Waals surface area contributed by atoms with E-state index >= 15 is 0 Å². The van der Waals surface area contributed by atoms with Crippen molar-refractivity contribution in [2.45, 2.75) is 6.92 Å². The molecule has 0 saturated heterocycles. The number of hydrogen-bond acceptors (Lipinski definition) is 3. The lowest BCUT2D eigenvalue weighted by Gasteiger charge is -2.09. The molecule has 96 valence electrons. The number of carboxylic acid groups (broad SMARTS) is 2. The standard InChI is InChI=1S/C14H11NO4/c1-8-4-2-3-5-9(8)10-6-7-11(13(16)17)15-12(10)14(18)19/h2-7H,1H3,(H,16,17)(H,18,19). The monoisotopic (exact) mass is 257 g/mol. The van der Waals surface area contributed by atoms with Crippen LogP contribution in [0.25, 0.3) is 11.1 Å². The SMILES string of the molecule is Cc1ccccc1-c1ccc(C(=O)O)nc1C(=O)O. The average molecular weight is 257 g/mol. The summed E-state index contributed by atoms with van der Waals surface area (Å²) in [6.45, 7) is 1.85. The molecule has 19 heavy (non-hydrogen) atoms. The highest BCUT2D eigenvalue weighted by Gasteiger charge is 2.17. The molecule has 0 bridgehead atoms. The Morgan fingerprint density at radius 3 is 2.21 bits per heavy atom. The van der Waals surface area contributed by atoms with Crippen LogP contribution in [0.5, 0.6) is 0 Å². The molecule has 1 aromatic carbocycles. The van der Waals surface area contributed by atoms with E-state index < -0.39 is 11.9 Å². The lowest BCUT2D eigenvalue weighted by molar-refractivity contribution is 0.0686. The van der Waals surface area contributed by atoms with Gasteiger partial charge in [-0.1, -0.05) is 24.3 Å². The van der Waals surface area contributed by atoms with Gasteiger partial charge in [0, 0.05) is 5.56 Å². The smallest absolute Gasteiger partial charge is 0.355 e. The molecule has 1 heterocycles. The van der Waals surface area contributed by atoms with Crippen LogP contribution < -0.4 is 0 Å². The van der Waals surface area contributed by atoms with E-state index in [0.717, 1.165) is 11.1 Å². The first-order chi connectivity index (χ1) is 9.00. The summed E-state index contributed by atoms with van der Waals surface area (Å²) in [5.74, 6) is -2.50. The highest BCUT2D eigenvalue weighted by molar-refractivity contribution is 5.96. The Bertz CT molecular complexity index is 664. The zero-order valence-electron chi connectivity index (χ0n) is 10.1. The van der Waals surface area contributed by atoms with Crippen LogP contribution in [0.3, 0.4) is 0 Å². The first kappa shape index (κ1) is 12.8. The second-order valence-electron chi connectivity index (χ2n) is 4.02. The van der Waals surface area contributed by atoms with Gasteiger partial charge in [0.15, 0.2) is 5.69 Å². The highest BCUT2D eigenvalue weighted by atomic mass is 16.4. The molecule has 2 rings (SSSR count). The van der Waals surface area contributed by atoms with Crippen molar-refractivity contribution in [1.82, 2.24) is 4.98 Å². The van der Waals surface area contributed by atoms with Gasteiger partial charge in [-0.3, -0.25) is 0 Å². The van der Waals surface area contributed by atoms with Crippen LogP contribution in [-0.4, -0.2) is 27.1 Å². The van der Waals surface area contributed by atoms with Crippen LogP contribution in [0.4, 0.5) is 0 Å². The first-order valence-electron chi connectivity index (χ1n) is 5.54. The molecule has 0 fully saturated rings. The summed E-state index contributed by atoms with van der Waals surface area (Å²) in [6, 6.07) is 10.0. The van der Waals surface area contributed by atoms with E-state index in [2.05, 4.69) is 4.98 Å². The van der Waals surface area contributed by atoms with Gasteiger partial charge in [-0.2, -0.15) is 0 Å². The largest absolute Gasteiger partial charge is 0.477 e. The molecule has 2 aromatic rings. The zero-order valence-corrected chi connectivity index (χ0v) is 10.1. The molecular weight excluding hydrogens is 246 g/mol. The predicted molar refractivity (Wildman–Crippen MR) is 68.3 cm³/mol. The number of hydrogen-bond donors (Lipinski definition) is 2. The van der Waals surface area contributed by atoms with Crippen molar-refractivity contribution in [3.63, 3.8) is 0 Å². The van der Waals surface area contributed by atoms with Crippen LogP contribution in [-0.2, 0) is 0 Å². The second-order valence-corrected chi connectivity index (χ2v) is 4.02. The number of aromatic nitrogens is 1. The Hall–Kier alpha value is -2.69. The minimum absolute atomic E-state index is 0.255. The van der Waals surface area contributed by atoms with Gasteiger partial charge in [-0.15, -0.1) is 0 Å². The molecule has 0 saturated carbocycles. The fraction of sp³-hybridized carbons (Fsp3) is 0.0714. The summed E-state index contributed by atoms with van der Waals surface area (Å²) in [7, 11) is 0. The zero-order chi connectivity index (χ0) is 14.0. The summed E-state index contributed by atoms with van der Waals surface area (Å²) in [4.78, 5) is 25.8. The fourth-order valence-electron chi connectivity index (χ4n) is 1.83. The van der Waals surface area contributed by atoms with Crippen molar-refractivity contribution in [2.24, 2.45) is 0 Å². The number of nitrogens with zero attached hydrogens (tertiary/aromatic N) is 1. The number of aromatic carboxylic acids is 2. The van der Waals surface area contributed by atoms with Crippen LogP contribution >= 0.6 is 0 Å². The second kappa shape index (κ2) is 4.89. The van der Waals surface area contributed by atoms with Crippen molar-refractivity contribution in [3.05, 3.63) is 53.3 Å². The third-order valence-corrected chi connectivity index (χ3v) is 2.75. The fourth-order valence-corrected chi connectivity index (χ4v) is 1.83. The van der Waals surface area contributed by atoms with Crippen molar-refractivity contribution in [2.75, 3.05) is 0 Å². The topological polar surface area (TPSA) is 87.5 Å². The van der Waals surface area contributed by atoms with E-state index in [4.69, 9.17) is 10.2 Å². The molecule has 0 radical (unpaired) electrons. The van der Waals surface area contributed by atoms with Crippen molar-refractivity contribution in [3.8, 4) is 11.1 Å². The molecule has 0 atom stereocenters. The third-order valence-electron chi connectivity index (χ3n) is 2.75. The van der Waals surface area contributed by atoms with Crippen LogP contribution in [0.15, 0.2) is 36.4 Å². The number of carboxylic acids is 2. The molecule has 0 amide bonds. The minimum Gasteiger partial charge on any atom is -0.477 e. The van der Waals surface area contributed by atoms with Gasteiger partial charge in [0.1, 0.15) is 5.69 Å². The Morgan fingerprint density at radius 1 is 0.947 bits per heavy atom. The summed E-state index contributed by atoms with van der Waals surface area (Å²) in [5.41, 5.74) is 1.50. The minimum atomic E-state index is -1.25. The van der Waals surface area contributed by atoms with E-state index in [1.165, 1.54) is 12.1 Å². The molecule has 0 unspecified atom stereocenters. The Kier molecular flexibility index (Phi) is 3.29. The van der Waals surface area contributed by atoms with E-state index in [-0.39, 0.29) is 11.4 Å². The van der Waals surface area contributed by atoms with E-state index in [9.17, 15) is 9.59 Å². The van der Waals surface area contributed by atoms with Crippen molar-refractivity contribution in [1.29, 1.82) is 0 Å². The lowest BCUT2D eigenvalue weighted by Crippen LogP contribution is -2.09. The van der Waals surface area contributed by atoms with E-state index in [1.807, 2.05) is 19.1 Å².